The van der Waals surface area contributed by atoms with Crippen LogP contribution >= 0.6 is 0 Å². The predicted octanol–water partition coefficient (Wildman–Crippen LogP) is 2.90. The van der Waals surface area contributed by atoms with Crippen LogP contribution < -0.4 is 4.72 Å². The largest absolute Gasteiger partial charge is 0.417 e. The lowest BCUT2D eigenvalue weighted by Crippen LogP contribution is -2.27. The van der Waals surface area contributed by atoms with E-state index >= 15 is 0 Å². The summed E-state index contributed by atoms with van der Waals surface area (Å²) in [5.41, 5.74) is -0.977. The molecule has 0 radical (unpaired) electrons. The van der Waals surface area contributed by atoms with Crippen molar-refractivity contribution < 1.29 is 30.4 Å². The number of pyridine rings is 1. The van der Waals surface area contributed by atoms with Crippen LogP contribution in [0.2, 0.25) is 0 Å². The number of sulfonamides is 1. The van der Waals surface area contributed by atoms with Crippen molar-refractivity contribution in [2.45, 2.75) is 17.6 Å². The van der Waals surface area contributed by atoms with E-state index in [1.54, 1.807) is 0 Å². The molecule has 10 heteroatoms. The van der Waals surface area contributed by atoms with Crippen molar-refractivity contribution in [3.8, 4) is 0 Å². The fraction of sp³-hybridized carbons (Fsp3) is 0.214. The fourth-order valence-corrected chi connectivity index (χ4v) is 2.78. The average Bonchev–Trinajstić information content (AvgIpc) is 2.49. The molecule has 0 bridgehead atoms. The minimum Gasteiger partial charge on any atom is -0.243 e. The molecule has 2 aromatic rings. The standard InChI is InChI=1S/C14H11F5N2O2S/c15-11-3-1-9(12(16)7-11)5-6-21-24(22,23)13-4-2-10(8-20-13)14(17,18)19/h1-4,7-8,21H,5-6H2. The maximum atomic E-state index is 13.4. The monoisotopic (exact) mass is 366 g/mol. The van der Waals surface area contributed by atoms with Crippen LogP contribution in [0.1, 0.15) is 11.1 Å². The molecule has 1 N–H and O–H groups in total. The van der Waals surface area contributed by atoms with Crippen LogP contribution in [0.3, 0.4) is 0 Å². The number of nitrogens with zero attached hydrogens (tertiary/aromatic N) is 1. The molecule has 24 heavy (non-hydrogen) atoms. The first-order valence-corrected chi connectivity index (χ1v) is 8.05. The first-order chi connectivity index (χ1) is 11.1. The van der Waals surface area contributed by atoms with Crippen LogP contribution in [-0.2, 0) is 22.6 Å². The Morgan fingerprint density at radius 1 is 1.08 bits per heavy atom. The number of hydrogen-bond donors (Lipinski definition) is 1. The Kier molecular flexibility index (Phi) is 5.19. The van der Waals surface area contributed by atoms with Crippen molar-refractivity contribution in [2.75, 3.05) is 6.54 Å². The molecule has 0 saturated heterocycles. The zero-order valence-corrected chi connectivity index (χ0v) is 12.8. The van der Waals surface area contributed by atoms with Crippen LogP contribution in [0.4, 0.5) is 22.0 Å². The fourth-order valence-electron chi connectivity index (χ4n) is 1.83. The summed E-state index contributed by atoms with van der Waals surface area (Å²) in [5, 5.41) is -0.588. The number of benzene rings is 1. The molecule has 0 aliphatic rings. The second-order valence-corrected chi connectivity index (χ2v) is 6.48. The van der Waals surface area contributed by atoms with E-state index in [4.69, 9.17) is 0 Å². The number of rotatable bonds is 5. The summed E-state index contributed by atoms with van der Waals surface area (Å²) in [6, 6.07) is 4.20. The highest BCUT2D eigenvalue weighted by Gasteiger charge is 2.31. The van der Waals surface area contributed by atoms with E-state index in [0.29, 0.717) is 18.3 Å². The van der Waals surface area contributed by atoms with Gasteiger partial charge in [-0.3, -0.25) is 0 Å². The minimum absolute atomic E-state index is 0.0635. The van der Waals surface area contributed by atoms with Gasteiger partial charge in [-0.2, -0.15) is 13.2 Å². The molecular formula is C14H11F5N2O2S. The summed E-state index contributed by atoms with van der Waals surface area (Å²) >= 11 is 0. The number of hydrogen-bond acceptors (Lipinski definition) is 3. The van der Waals surface area contributed by atoms with Crippen molar-refractivity contribution >= 4 is 10.0 Å². The van der Waals surface area contributed by atoms with Gasteiger partial charge >= 0.3 is 6.18 Å². The summed E-state index contributed by atoms with van der Waals surface area (Å²) in [6.07, 6.45) is -4.27. The van der Waals surface area contributed by atoms with E-state index in [1.807, 2.05) is 0 Å². The topological polar surface area (TPSA) is 59.1 Å². The lowest BCUT2D eigenvalue weighted by atomic mass is 10.1. The van der Waals surface area contributed by atoms with Crippen molar-refractivity contribution in [1.82, 2.24) is 9.71 Å². The van der Waals surface area contributed by atoms with Crippen molar-refractivity contribution in [3.63, 3.8) is 0 Å². The summed E-state index contributed by atoms with van der Waals surface area (Å²) < 4.78 is 89.3. The molecule has 1 aromatic heterocycles. The Hall–Kier alpha value is -2.07. The molecule has 0 saturated carbocycles. The molecule has 0 fully saturated rings. The summed E-state index contributed by atoms with van der Waals surface area (Å²) in [4.78, 5) is 3.28. The lowest BCUT2D eigenvalue weighted by molar-refractivity contribution is -0.137. The molecule has 1 heterocycles. The third-order valence-corrected chi connectivity index (χ3v) is 4.42. The molecule has 0 aliphatic carbocycles. The van der Waals surface area contributed by atoms with Crippen LogP contribution in [0.5, 0.6) is 0 Å². The van der Waals surface area contributed by atoms with Gasteiger partial charge in [0.15, 0.2) is 5.03 Å². The Balaban J connectivity index is 2.03. The van der Waals surface area contributed by atoms with E-state index in [0.717, 1.165) is 12.1 Å². The van der Waals surface area contributed by atoms with Crippen molar-refractivity contribution in [1.29, 1.82) is 0 Å². The van der Waals surface area contributed by atoms with Crippen molar-refractivity contribution in [3.05, 3.63) is 59.3 Å². The molecule has 0 aliphatic heterocycles. The first kappa shape index (κ1) is 18.3. The summed E-state index contributed by atoms with van der Waals surface area (Å²) in [7, 11) is -4.14. The second kappa shape index (κ2) is 6.81. The molecule has 1 aromatic carbocycles. The molecule has 130 valence electrons. The van der Waals surface area contributed by atoms with Gasteiger partial charge in [0.1, 0.15) is 11.6 Å². The van der Waals surface area contributed by atoms with Gasteiger partial charge in [-0.15, -0.1) is 0 Å². The molecule has 0 atom stereocenters. The molecule has 0 spiro atoms. The summed E-state index contributed by atoms with van der Waals surface area (Å²) in [6.45, 7) is -0.229. The van der Waals surface area contributed by atoms with Gasteiger partial charge in [-0.05, 0) is 30.2 Å². The zero-order valence-electron chi connectivity index (χ0n) is 11.9. The van der Waals surface area contributed by atoms with Gasteiger partial charge < -0.3 is 0 Å². The maximum absolute atomic E-state index is 13.4. The Morgan fingerprint density at radius 3 is 2.33 bits per heavy atom. The van der Waals surface area contributed by atoms with Crippen LogP contribution in [0.25, 0.3) is 0 Å². The summed E-state index contributed by atoms with van der Waals surface area (Å²) in [5.74, 6) is -1.58. The van der Waals surface area contributed by atoms with Gasteiger partial charge in [0.25, 0.3) is 10.0 Å². The molecule has 0 amide bonds. The quantitative estimate of drug-likeness (QED) is 0.828. The highest BCUT2D eigenvalue weighted by molar-refractivity contribution is 7.89. The number of nitrogens with one attached hydrogen (secondary N) is 1. The van der Waals surface area contributed by atoms with E-state index < -0.39 is 38.4 Å². The SMILES string of the molecule is O=S(=O)(NCCc1ccc(F)cc1F)c1ccc(C(F)(F)F)cn1. The minimum atomic E-state index is -4.62. The number of halogens is 5. The molecule has 0 unspecified atom stereocenters. The van der Waals surface area contributed by atoms with Gasteiger partial charge in [0.05, 0.1) is 5.56 Å². The van der Waals surface area contributed by atoms with Crippen LogP contribution in [0, 0.1) is 11.6 Å². The van der Waals surface area contributed by atoms with Gasteiger partial charge in [-0.1, -0.05) is 6.07 Å². The lowest BCUT2D eigenvalue weighted by Gasteiger charge is -2.09. The first-order valence-electron chi connectivity index (χ1n) is 6.56. The third kappa shape index (κ3) is 4.48. The van der Waals surface area contributed by atoms with Crippen molar-refractivity contribution in [2.24, 2.45) is 0 Å². The third-order valence-electron chi connectivity index (χ3n) is 3.04. The molecule has 2 rings (SSSR count). The number of alkyl halides is 3. The Bertz CT molecular complexity index is 820. The normalized spacial score (nSPS) is 12.4. The van der Waals surface area contributed by atoms with Gasteiger partial charge in [-0.25, -0.2) is 26.9 Å². The van der Waals surface area contributed by atoms with E-state index in [-0.39, 0.29) is 18.5 Å². The molecule has 4 nitrogen and oxygen atoms in total. The van der Waals surface area contributed by atoms with Gasteiger partial charge in [0.2, 0.25) is 0 Å². The number of aromatic nitrogens is 1. The van der Waals surface area contributed by atoms with Crippen LogP contribution in [-0.4, -0.2) is 19.9 Å². The highest BCUT2D eigenvalue weighted by Crippen LogP contribution is 2.28. The van der Waals surface area contributed by atoms with Gasteiger partial charge in [0, 0.05) is 18.8 Å². The zero-order chi connectivity index (χ0) is 18.0. The maximum Gasteiger partial charge on any atom is 0.417 e. The Labute approximate surface area is 134 Å². The average molecular weight is 366 g/mol. The van der Waals surface area contributed by atoms with E-state index in [2.05, 4.69) is 9.71 Å². The van der Waals surface area contributed by atoms with E-state index in [9.17, 15) is 30.4 Å². The Morgan fingerprint density at radius 2 is 1.79 bits per heavy atom. The predicted molar refractivity (Wildman–Crippen MR) is 74.5 cm³/mol. The second-order valence-electron chi connectivity index (χ2n) is 4.77. The van der Waals surface area contributed by atoms with E-state index in [1.165, 1.54) is 6.07 Å². The van der Waals surface area contributed by atoms with Crippen LogP contribution in [0.15, 0.2) is 41.6 Å². The smallest absolute Gasteiger partial charge is 0.243 e. The highest BCUT2D eigenvalue weighted by atomic mass is 32.2. The molecular weight excluding hydrogens is 355 g/mol.